The predicted molar refractivity (Wildman–Crippen MR) is 71.1 cm³/mol. The van der Waals surface area contributed by atoms with Crippen LogP contribution in [0.5, 0.6) is 5.75 Å². The minimum atomic E-state index is 0.509. The first-order valence-corrected chi connectivity index (χ1v) is 5.69. The third-order valence-electron chi connectivity index (χ3n) is 2.64. The molecule has 2 aromatic rings. The van der Waals surface area contributed by atoms with E-state index in [1.807, 2.05) is 36.4 Å². The molecule has 0 aliphatic rings. The number of ether oxygens (including phenoxy) is 1. The van der Waals surface area contributed by atoms with Gasteiger partial charge in [-0.2, -0.15) is 0 Å². The lowest BCUT2D eigenvalue weighted by molar-refractivity contribution is 0.306. The quantitative estimate of drug-likeness (QED) is 0.815. The average molecular weight is 227 g/mol. The molecule has 2 rings (SSSR count). The van der Waals surface area contributed by atoms with Gasteiger partial charge in [-0.25, -0.2) is 0 Å². The van der Waals surface area contributed by atoms with Gasteiger partial charge < -0.3 is 10.5 Å². The molecule has 0 aliphatic heterocycles. The summed E-state index contributed by atoms with van der Waals surface area (Å²) in [5, 5.41) is 0. The van der Waals surface area contributed by atoms with E-state index in [2.05, 4.69) is 19.9 Å². The van der Waals surface area contributed by atoms with Gasteiger partial charge in [0.2, 0.25) is 0 Å². The van der Waals surface area contributed by atoms with E-state index in [0.717, 1.165) is 17.0 Å². The Morgan fingerprint density at radius 3 is 2.29 bits per heavy atom. The third kappa shape index (κ3) is 3.00. The van der Waals surface area contributed by atoms with E-state index in [0.29, 0.717) is 6.61 Å². The van der Waals surface area contributed by atoms with Gasteiger partial charge in [0, 0.05) is 11.3 Å². The number of hydrogen-bond donors (Lipinski definition) is 1. The fourth-order valence-electron chi connectivity index (χ4n) is 1.84. The van der Waals surface area contributed by atoms with Gasteiger partial charge in [-0.15, -0.1) is 0 Å². The minimum Gasteiger partial charge on any atom is -0.489 e. The van der Waals surface area contributed by atoms with E-state index in [4.69, 9.17) is 10.5 Å². The zero-order valence-corrected chi connectivity index (χ0v) is 10.2. The number of aryl methyl sites for hydroxylation is 2. The number of para-hydroxylation sites is 1. The van der Waals surface area contributed by atoms with Crippen LogP contribution in [-0.2, 0) is 6.61 Å². The first-order chi connectivity index (χ1) is 8.15. The van der Waals surface area contributed by atoms with Crippen molar-refractivity contribution in [3.05, 3.63) is 59.2 Å². The molecule has 0 heterocycles. The molecule has 2 nitrogen and oxygen atoms in total. The lowest BCUT2D eigenvalue weighted by Gasteiger charge is -2.09. The number of rotatable bonds is 3. The summed E-state index contributed by atoms with van der Waals surface area (Å²) in [4.78, 5) is 0. The van der Waals surface area contributed by atoms with Crippen molar-refractivity contribution < 1.29 is 4.74 Å². The van der Waals surface area contributed by atoms with E-state index in [1.165, 1.54) is 11.1 Å². The van der Waals surface area contributed by atoms with Gasteiger partial charge in [0.15, 0.2) is 0 Å². The molecule has 0 saturated heterocycles. The third-order valence-corrected chi connectivity index (χ3v) is 2.64. The molecule has 2 aromatic carbocycles. The number of benzene rings is 2. The molecule has 0 aliphatic carbocycles. The van der Waals surface area contributed by atoms with Crippen LogP contribution in [0.3, 0.4) is 0 Å². The number of hydrogen-bond acceptors (Lipinski definition) is 2. The van der Waals surface area contributed by atoms with Crippen molar-refractivity contribution in [1.82, 2.24) is 0 Å². The highest BCUT2D eigenvalue weighted by atomic mass is 16.5. The maximum Gasteiger partial charge on any atom is 0.120 e. The van der Waals surface area contributed by atoms with Crippen LogP contribution in [-0.4, -0.2) is 0 Å². The second-order valence-electron chi connectivity index (χ2n) is 4.31. The van der Waals surface area contributed by atoms with Crippen molar-refractivity contribution in [3.63, 3.8) is 0 Å². The molecule has 0 fully saturated rings. The van der Waals surface area contributed by atoms with Crippen LogP contribution in [0.2, 0.25) is 0 Å². The van der Waals surface area contributed by atoms with E-state index >= 15 is 0 Å². The van der Waals surface area contributed by atoms with Crippen LogP contribution in [0.1, 0.15) is 16.7 Å². The van der Waals surface area contributed by atoms with Crippen molar-refractivity contribution in [2.24, 2.45) is 0 Å². The van der Waals surface area contributed by atoms with Gasteiger partial charge in [-0.3, -0.25) is 0 Å². The maximum absolute atomic E-state index is 5.86. The average Bonchev–Trinajstić information content (AvgIpc) is 2.27. The Hall–Kier alpha value is -1.96. The predicted octanol–water partition coefficient (Wildman–Crippen LogP) is 3.46. The van der Waals surface area contributed by atoms with Crippen LogP contribution < -0.4 is 10.5 Å². The highest BCUT2D eigenvalue weighted by Gasteiger charge is 2.00. The van der Waals surface area contributed by atoms with Gasteiger partial charge in [-0.1, -0.05) is 24.3 Å². The topological polar surface area (TPSA) is 35.2 Å². The van der Waals surface area contributed by atoms with Crippen molar-refractivity contribution >= 4 is 5.69 Å². The Morgan fingerprint density at radius 2 is 1.65 bits per heavy atom. The summed E-state index contributed by atoms with van der Waals surface area (Å²) in [5.41, 5.74) is 10.1. The van der Waals surface area contributed by atoms with E-state index < -0.39 is 0 Å². The second-order valence-corrected chi connectivity index (χ2v) is 4.31. The Labute approximate surface area is 102 Å². The second kappa shape index (κ2) is 4.91. The van der Waals surface area contributed by atoms with Crippen LogP contribution in [0.4, 0.5) is 5.69 Å². The molecule has 2 N–H and O–H groups in total. The fraction of sp³-hybridized carbons (Fsp3) is 0.200. The molecule has 0 radical (unpaired) electrons. The van der Waals surface area contributed by atoms with Crippen molar-refractivity contribution in [2.75, 3.05) is 5.73 Å². The molecular formula is C15H17NO. The van der Waals surface area contributed by atoms with E-state index in [9.17, 15) is 0 Å². The lowest BCUT2D eigenvalue weighted by Crippen LogP contribution is -2.00. The van der Waals surface area contributed by atoms with Crippen molar-refractivity contribution in [1.29, 1.82) is 0 Å². The highest BCUT2D eigenvalue weighted by Crippen LogP contribution is 2.19. The Balaban J connectivity index is 2.10. The van der Waals surface area contributed by atoms with Gasteiger partial charge in [-0.05, 0) is 43.2 Å². The Kier molecular flexibility index (Phi) is 3.33. The first-order valence-electron chi connectivity index (χ1n) is 5.69. The summed E-state index contributed by atoms with van der Waals surface area (Å²) in [6.07, 6.45) is 0. The molecule has 0 amide bonds. The van der Waals surface area contributed by atoms with Crippen LogP contribution >= 0.6 is 0 Å². The summed E-state index contributed by atoms with van der Waals surface area (Å²) < 4.78 is 5.75. The van der Waals surface area contributed by atoms with E-state index in [-0.39, 0.29) is 0 Å². The van der Waals surface area contributed by atoms with Gasteiger partial charge in [0.25, 0.3) is 0 Å². The smallest absolute Gasteiger partial charge is 0.120 e. The van der Waals surface area contributed by atoms with Crippen molar-refractivity contribution in [2.45, 2.75) is 20.5 Å². The largest absolute Gasteiger partial charge is 0.489 e. The standard InChI is InChI=1S/C15H17NO/c1-11-7-12(2)9-14(8-11)17-10-13-5-3-4-6-15(13)16/h3-9H,10,16H2,1-2H3. The molecule has 0 saturated carbocycles. The summed E-state index contributed by atoms with van der Waals surface area (Å²) in [6, 6.07) is 14.0. The zero-order valence-electron chi connectivity index (χ0n) is 10.2. The minimum absolute atomic E-state index is 0.509. The molecule has 88 valence electrons. The molecule has 17 heavy (non-hydrogen) atoms. The summed E-state index contributed by atoms with van der Waals surface area (Å²) in [5.74, 6) is 0.894. The number of anilines is 1. The van der Waals surface area contributed by atoms with Gasteiger partial charge in [0.1, 0.15) is 12.4 Å². The molecule has 0 aromatic heterocycles. The van der Waals surface area contributed by atoms with E-state index in [1.54, 1.807) is 0 Å². The van der Waals surface area contributed by atoms with Crippen LogP contribution in [0.25, 0.3) is 0 Å². The van der Waals surface area contributed by atoms with Gasteiger partial charge >= 0.3 is 0 Å². The number of nitrogen functional groups attached to an aromatic ring is 1. The molecule has 2 heteroatoms. The molecule has 0 bridgehead atoms. The summed E-state index contributed by atoms with van der Waals surface area (Å²) >= 11 is 0. The Bertz CT molecular complexity index is 500. The molecule has 0 spiro atoms. The first kappa shape index (κ1) is 11.5. The monoisotopic (exact) mass is 227 g/mol. The Morgan fingerprint density at radius 1 is 1.00 bits per heavy atom. The molecule has 0 atom stereocenters. The maximum atomic E-state index is 5.86. The zero-order chi connectivity index (χ0) is 12.3. The molecular weight excluding hydrogens is 210 g/mol. The van der Waals surface area contributed by atoms with Gasteiger partial charge in [0.05, 0.1) is 0 Å². The molecule has 0 unspecified atom stereocenters. The normalized spacial score (nSPS) is 10.2. The summed E-state index contributed by atoms with van der Waals surface area (Å²) in [6.45, 7) is 4.64. The fourth-order valence-corrected chi connectivity index (χ4v) is 1.84. The van der Waals surface area contributed by atoms with Crippen LogP contribution in [0.15, 0.2) is 42.5 Å². The van der Waals surface area contributed by atoms with Crippen LogP contribution in [0, 0.1) is 13.8 Å². The van der Waals surface area contributed by atoms with Crippen molar-refractivity contribution in [3.8, 4) is 5.75 Å². The number of nitrogens with two attached hydrogens (primary N) is 1. The lowest BCUT2D eigenvalue weighted by atomic mass is 10.1. The SMILES string of the molecule is Cc1cc(C)cc(OCc2ccccc2N)c1. The highest BCUT2D eigenvalue weighted by molar-refractivity contribution is 5.46. The summed E-state index contributed by atoms with van der Waals surface area (Å²) in [7, 11) is 0.